The van der Waals surface area contributed by atoms with Crippen LogP contribution in [0.1, 0.15) is 29.5 Å². The molecule has 1 N–H and O–H groups in total. The van der Waals surface area contributed by atoms with Gasteiger partial charge in [0.05, 0.1) is 5.56 Å². The van der Waals surface area contributed by atoms with Crippen molar-refractivity contribution in [1.82, 2.24) is 15.3 Å². The first-order valence-corrected chi connectivity index (χ1v) is 11.0. The van der Waals surface area contributed by atoms with Crippen LogP contribution < -0.4 is 15.0 Å². The number of anilines is 1. The fraction of sp³-hybridized carbons (Fsp3) is 0.320. The summed E-state index contributed by atoms with van der Waals surface area (Å²) in [6.07, 6.45) is -0.200. The number of benzene rings is 2. The topological polar surface area (TPSA) is 67.4 Å². The summed E-state index contributed by atoms with van der Waals surface area (Å²) in [5, 5.41) is 2.68. The number of hydrogen-bond donors (Lipinski definition) is 1. The molecule has 2 heterocycles. The van der Waals surface area contributed by atoms with Crippen LogP contribution in [0.2, 0.25) is 0 Å². The maximum absolute atomic E-state index is 13.2. The molecule has 0 saturated carbocycles. The van der Waals surface area contributed by atoms with Gasteiger partial charge in [-0.3, -0.25) is 4.79 Å². The van der Waals surface area contributed by atoms with Gasteiger partial charge < -0.3 is 15.0 Å². The third-order valence-electron chi connectivity index (χ3n) is 5.89. The molecule has 1 fully saturated rings. The standard InChI is InChI=1S/C25H25F3N4O2/c1-17-6-2-5-9-21(17)34-24-22(29-12-13-30-24)32-14-10-18(11-15-32)23(33)31-16-19-7-3-4-8-20(19)25(26,27)28/h2-9,12-13,18H,10-11,14-16H2,1H3,(H,31,33). The van der Waals surface area contributed by atoms with E-state index in [9.17, 15) is 18.0 Å². The number of hydrogen-bond acceptors (Lipinski definition) is 5. The van der Waals surface area contributed by atoms with E-state index in [1.54, 1.807) is 12.4 Å². The van der Waals surface area contributed by atoms with Gasteiger partial charge in [0.2, 0.25) is 5.91 Å². The highest BCUT2D eigenvalue weighted by Crippen LogP contribution is 2.33. The SMILES string of the molecule is Cc1ccccc1Oc1nccnc1N1CCC(C(=O)NCc2ccccc2C(F)(F)F)CC1. The molecule has 1 amide bonds. The third kappa shape index (κ3) is 5.47. The number of carbonyl (C=O) groups is 1. The number of amides is 1. The number of ether oxygens (including phenoxy) is 1. The minimum atomic E-state index is -4.46. The molecule has 4 rings (SSSR count). The molecule has 0 radical (unpaired) electrons. The van der Waals surface area contributed by atoms with Gasteiger partial charge in [0.1, 0.15) is 5.75 Å². The summed E-state index contributed by atoms with van der Waals surface area (Å²) >= 11 is 0. The van der Waals surface area contributed by atoms with Crippen LogP contribution in [0.4, 0.5) is 19.0 Å². The van der Waals surface area contributed by atoms with E-state index < -0.39 is 11.7 Å². The minimum absolute atomic E-state index is 0.0540. The van der Waals surface area contributed by atoms with Crippen LogP contribution in [-0.2, 0) is 17.5 Å². The van der Waals surface area contributed by atoms with Crippen LogP contribution in [0, 0.1) is 12.8 Å². The van der Waals surface area contributed by atoms with E-state index in [1.807, 2.05) is 36.1 Å². The molecule has 34 heavy (non-hydrogen) atoms. The Kier molecular flexibility index (Phi) is 7.00. The van der Waals surface area contributed by atoms with Gasteiger partial charge in [-0.25, -0.2) is 9.97 Å². The van der Waals surface area contributed by atoms with E-state index in [0.717, 1.165) is 11.6 Å². The highest BCUT2D eigenvalue weighted by atomic mass is 19.4. The predicted molar refractivity (Wildman–Crippen MR) is 122 cm³/mol. The number of nitrogens with one attached hydrogen (secondary N) is 1. The van der Waals surface area contributed by atoms with Crippen molar-refractivity contribution in [3.8, 4) is 11.6 Å². The molecule has 1 aliphatic heterocycles. The van der Waals surface area contributed by atoms with Crippen molar-refractivity contribution in [2.24, 2.45) is 5.92 Å². The normalized spacial score (nSPS) is 14.6. The van der Waals surface area contributed by atoms with Crippen LogP contribution in [0.3, 0.4) is 0 Å². The minimum Gasteiger partial charge on any atom is -0.436 e. The zero-order chi connectivity index (χ0) is 24.1. The summed E-state index contributed by atoms with van der Waals surface area (Å²) in [7, 11) is 0. The van der Waals surface area contributed by atoms with Crippen molar-refractivity contribution in [3.63, 3.8) is 0 Å². The number of halogens is 3. The quantitative estimate of drug-likeness (QED) is 0.541. The number of aryl methyl sites for hydroxylation is 1. The monoisotopic (exact) mass is 470 g/mol. The Morgan fingerprint density at radius 1 is 1.06 bits per heavy atom. The van der Waals surface area contributed by atoms with Gasteiger partial charge in [0.25, 0.3) is 5.88 Å². The Labute approximate surface area is 195 Å². The maximum atomic E-state index is 13.2. The highest BCUT2D eigenvalue weighted by molar-refractivity contribution is 5.79. The highest BCUT2D eigenvalue weighted by Gasteiger charge is 2.33. The molecule has 9 heteroatoms. The molecule has 0 atom stereocenters. The van der Waals surface area contributed by atoms with Gasteiger partial charge in [-0.15, -0.1) is 0 Å². The van der Waals surface area contributed by atoms with E-state index in [1.165, 1.54) is 18.2 Å². The predicted octanol–water partition coefficient (Wildman–Crippen LogP) is 5.13. The Balaban J connectivity index is 1.36. The van der Waals surface area contributed by atoms with Crippen molar-refractivity contribution in [3.05, 3.63) is 77.6 Å². The molecular formula is C25H25F3N4O2. The van der Waals surface area contributed by atoms with Gasteiger partial charge >= 0.3 is 6.18 Å². The maximum Gasteiger partial charge on any atom is 0.416 e. The first kappa shape index (κ1) is 23.5. The van der Waals surface area contributed by atoms with E-state index in [4.69, 9.17) is 4.74 Å². The summed E-state index contributed by atoms with van der Waals surface area (Å²) in [6, 6.07) is 12.9. The van der Waals surface area contributed by atoms with Crippen LogP contribution in [0.15, 0.2) is 60.9 Å². The van der Waals surface area contributed by atoms with Crippen molar-refractivity contribution in [2.45, 2.75) is 32.5 Å². The lowest BCUT2D eigenvalue weighted by Crippen LogP contribution is -2.41. The van der Waals surface area contributed by atoms with Crippen LogP contribution in [-0.4, -0.2) is 29.0 Å². The number of carbonyl (C=O) groups excluding carboxylic acids is 1. The fourth-order valence-electron chi connectivity index (χ4n) is 4.01. The fourth-order valence-corrected chi connectivity index (χ4v) is 4.01. The summed E-state index contributed by atoms with van der Waals surface area (Å²) in [5.41, 5.74) is 0.300. The van der Waals surface area contributed by atoms with E-state index >= 15 is 0 Å². The van der Waals surface area contributed by atoms with E-state index in [0.29, 0.717) is 43.4 Å². The average Bonchev–Trinajstić information content (AvgIpc) is 2.84. The molecular weight excluding hydrogens is 445 g/mol. The molecule has 0 aliphatic carbocycles. The van der Waals surface area contributed by atoms with Gasteiger partial charge in [0, 0.05) is 37.9 Å². The van der Waals surface area contributed by atoms with E-state index in [2.05, 4.69) is 15.3 Å². The molecule has 1 aliphatic rings. The Hall–Kier alpha value is -3.62. The molecule has 1 aromatic heterocycles. The van der Waals surface area contributed by atoms with Crippen LogP contribution in [0.5, 0.6) is 11.6 Å². The zero-order valence-corrected chi connectivity index (χ0v) is 18.7. The van der Waals surface area contributed by atoms with Gasteiger partial charge in [-0.05, 0) is 43.0 Å². The Morgan fingerprint density at radius 3 is 2.47 bits per heavy atom. The summed E-state index contributed by atoms with van der Waals surface area (Å²) in [5.74, 6) is 1.16. The lowest BCUT2D eigenvalue weighted by molar-refractivity contribution is -0.138. The van der Waals surface area contributed by atoms with Crippen LogP contribution >= 0.6 is 0 Å². The third-order valence-corrected chi connectivity index (χ3v) is 5.89. The molecule has 0 spiro atoms. The summed E-state index contributed by atoms with van der Waals surface area (Å²) < 4.78 is 45.6. The largest absolute Gasteiger partial charge is 0.436 e. The summed E-state index contributed by atoms with van der Waals surface area (Å²) in [4.78, 5) is 23.5. The van der Waals surface area contributed by atoms with Crippen molar-refractivity contribution in [1.29, 1.82) is 0 Å². The Bertz CT molecular complexity index is 1140. The Morgan fingerprint density at radius 2 is 1.74 bits per heavy atom. The first-order valence-electron chi connectivity index (χ1n) is 11.0. The number of nitrogens with zero attached hydrogens (tertiary/aromatic N) is 3. The molecule has 178 valence electrons. The zero-order valence-electron chi connectivity index (χ0n) is 18.7. The molecule has 6 nitrogen and oxygen atoms in total. The smallest absolute Gasteiger partial charge is 0.416 e. The second-order valence-corrected chi connectivity index (χ2v) is 8.19. The van der Waals surface area contributed by atoms with Gasteiger partial charge in [-0.1, -0.05) is 36.4 Å². The van der Waals surface area contributed by atoms with Crippen molar-refractivity contribution < 1.29 is 22.7 Å². The lowest BCUT2D eigenvalue weighted by atomic mass is 9.95. The molecule has 3 aromatic rings. The first-order chi connectivity index (χ1) is 16.3. The number of para-hydroxylation sites is 1. The molecule has 1 saturated heterocycles. The molecule has 2 aromatic carbocycles. The number of rotatable bonds is 6. The van der Waals surface area contributed by atoms with Gasteiger partial charge in [0.15, 0.2) is 5.82 Å². The van der Waals surface area contributed by atoms with E-state index in [-0.39, 0.29) is 23.9 Å². The second-order valence-electron chi connectivity index (χ2n) is 8.19. The number of piperidine rings is 1. The van der Waals surface area contributed by atoms with Gasteiger partial charge in [-0.2, -0.15) is 13.2 Å². The molecule has 0 bridgehead atoms. The summed E-state index contributed by atoms with van der Waals surface area (Å²) in [6.45, 7) is 2.90. The number of alkyl halides is 3. The number of aromatic nitrogens is 2. The van der Waals surface area contributed by atoms with Crippen molar-refractivity contribution in [2.75, 3.05) is 18.0 Å². The van der Waals surface area contributed by atoms with Crippen LogP contribution in [0.25, 0.3) is 0 Å². The van der Waals surface area contributed by atoms with Crippen molar-refractivity contribution >= 4 is 11.7 Å². The average molecular weight is 470 g/mol. The second kappa shape index (κ2) is 10.1. The molecule has 0 unspecified atom stereocenters. The lowest BCUT2D eigenvalue weighted by Gasteiger charge is -2.32.